The van der Waals surface area contributed by atoms with E-state index < -0.39 is 11.6 Å². The van der Waals surface area contributed by atoms with Crippen LogP contribution in [0.4, 0.5) is 0 Å². The Morgan fingerprint density at radius 3 is 2.76 bits per heavy atom. The number of oxime groups is 1. The Hall–Kier alpha value is -1.84. The summed E-state index contributed by atoms with van der Waals surface area (Å²) in [7, 11) is 0. The molecule has 0 radical (unpaired) electrons. The summed E-state index contributed by atoms with van der Waals surface area (Å²) in [4.78, 5) is 16.1. The van der Waals surface area contributed by atoms with Crippen molar-refractivity contribution in [3.8, 4) is 0 Å². The van der Waals surface area contributed by atoms with E-state index in [1.54, 1.807) is 0 Å². The molecule has 1 heterocycles. The predicted molar refractivity (Wildman–Crippen MR) is 64.2 cm³/mol. The van der Waals surface area contributed by atoms with E-state index in [0.717, 1.165) is 16.7 Å². The van der Waals surface area contributed by atoms with Crippen LogP contribution in [0.15, 0.2) is 23.4 Å². The van der Waals surface area contributed by atoms with Crippen LogP contribution in [0, 0.1) is 13.8 Å². The van der Waals surface area contributed by atoms with Crippen molar-refractivity contribution in [3.63, 3.8) is 0 Å². The summed E-state index contributed by atoms with van der Waals surface area (Å²) >= 11 is 0. The van der Waals surface area contributed by atoms with Gasteiger partial charge in [0.2, 0.25) is 5.60 Å². The zero-order chi connectivity index (χ0) is 12.6. The maximum Gasteiger partial charge on any atom is 0.351 e. The Bertz CT molecular complexity index is 507. The molecule has 0 fully saturated rings. The number of aliphatic carboxylic acids is 1. The van der Waals surface area contributed by atoms with Crippen molar-refractivity contribution in [2.75, 3.05) is 0 Å². The molecule has 0 aromatic heterocycles. The highest BCUT2D eigenvalue weighted by Crippen LogP contribution is 2.28. The van der Waals surface area contributed by atoms with Crippen molar-refractivity contribution in [1.82, 2.24) is 0 Å². The standard InChI is InChI=1S/C13H15NO3/c1-8-4-5-9(2)10(6-8)11-7-13(3,12(15)16)17-14-11/h4-6H,7H2,1-3H3,(H,15,16). The van der Waals surface area contributed by atoms with E-state index in [9.17, 15) is 4.79 Å². The van der Waals surface area contributed by atoms with E-state index in [2.05, 4.69) is 5.16 Å². The number of carbonyl (C=O) groups is 1. The Kier molecular flexibility index (Phi) is 2.65. The van der Waals surface area contributed by atoms with Gasteiger partial charge >= 0.3 is 5.97 Å². The van der Waals surface area contributed by atoms with Crippen LogP contribution in [0.25, 0.3) is 0 Å². The van der Waals surface area contributed by atoms with Crippen molar-refractivity contribution < 1.29 is 14.7 Å². The van der Waals surface area contributed by atoms with Gasteiger partial charge in [0.25, 0.3) is 0 Å². The molecule has 4 nitrogen and oxygen atoms in total. The summed E-state index contributed by atoms with van der Waals surface area (Å²) in [6.45, 7) is 5.51. The third kappa shape index (κ3) is 2.02. The lowest BCUT2D eigenvalue weighted by molar-refractivity contribution is -0.160. The second-order valence-corrected chi connectivity index (χ2v) is 4.66. The molecular formula is C13H15NO3. The second-order valence-electron chi connectivity index (χ2n) is 4.66. The van der Waals surface area contributed by atoms with Gasteiger partial charge in [-0.3, -0.25) is 0 Å². The molecule has 4 heteroatoms. The zero-order valence-corrected chi connectivity index (χ0v) is 10.2. The van der Waals surface area contributed by atoms with Crippen LogP contribution in [0.1, 0.15) is 30.0 Å². The average Bonchev–Trinajstić information content (AvgIpc) is 2.66. The van der Waals surface area contributed by atoms with Crippen LogP contribution in [0.3, 0.4) is 0 Å². The van der Waals surface area contributed by atoms with Gasteiger partial charge in [0.1, 0.15) is 0 Å². The molecule has 90 valence electrons. The lowest BCUT2D eigenvalue weighted by atomic mass is 9.93. The molecule has 1 aromatic carbocycles. The minimum absolute atomic E-state index is 0.298. The number of hydrogen-bond donors (Lipinski definition) is 1. The van der Waals surface area contributed by atoms with E-state index >= 15 is 0 Å². The fourth-order valence-electron chi connectivity index (χ4n) is 1.85. The van der Waals surface area contributed by atoms with Crippen LogP contribution in [-0.4, -0.2) is 22.4 Å². The largest absolute Gasteiger partial charge is 0.478 e. The number of carboxylic acid groups (broad SMARTS) is 1. The summed E-state index contributed by atoms with van der Waals surface area (Å²) in [6.07, 6.45) is 0.298. The normalized spacial score (nSPS) is 23.1. The fourth-order valence-corrected chi connectivity index (χ4v) is 1.85. The molecule has 17 heavy (non-hydrogen) atoms. The molecule has 1 atom stereocenters. The molecule has 1 N–H and O–H groups in total. The first-order valence-corrected chi connectivity index (χ1v) is 5.48. The molecule has 0 aliphatic carbocycles. The van der Waals surface area contributed by atoms with Gasteiger partial charge in [-0.15, -0.1) is 0 Å². The highest BCUT2D eigenvalue weighted by atomic mass is 16.7. The maximum absolute atomic E-state index is 11.1. The predicted octanol–water partition coefficient (Wildman–Crippen LogP) is 2.27. The van der Waals surface area contributed by atoms with Gasteiger partial charge in [-0.25, -0.2) is 4.79 Å². The number of rotatable bonds is 2. The second kappa shape index (κ2) is 3.87. The molecule has 1 aromatic rings. The van der Waals surface area contributed by atoms with Gasteiger partial charge in [-0.2, -0.15) is 0 Å². The van der Waals surface area contributed by atoms with Gasteiger partial charge in [-0.05, 0) is 32.4 Å². The summed E-state index contributed by atoms with van der Waals surface area (Å²) in [6, 6.07) is 6.03. The molecule has 1 aliphatic rings. The van der Waals surface area contributed by atoms with Crippen molar-refractivity contribution in [1.29, 1.82) is 0 Å². The first-order chi connectivity index (χ1) is 7.92. The average molecular weight is 233 g/mol. The van der Waals surface area contributed by atoms with Crippen molar-refractivity contribution >= 4 is 11.7 Å². The van der Waals surface area contributed by atoms with E-state index in [0.29, 0.717) is 12.1 Å². The monoisotopic (exact) mass is 233 g/mol. The fraction of sp³-hybridized carbons (Fsp3) is 0.385. The lowest BCUT2D eigenvalue weighted by Crippen LogP contribution is -2.35. The quantitative estimate of drug-likeness (QED) is 0.852. The summed E-state index contributed by atoms with van der Waals surface area (Å²) in [5.41, 5.74) is 2.64. The van der Waals surface area contributed by atoms with Crippen LogP contribution >= 0.6 is 0 Å². The van der Waals surface area contributed by atoms with Gasteiger partial charge in [0.05, 0.1) is 5.71 Å². The lowest BCUT2D eigenvalue weighted by Gasteiger charge is -2.14. The molecule has 0 amide bonds. The Balaban J connectivity index is 2.32. The maximum atomic E-state index is 11.1. The molecule has 0 spiro atoms. The van der Waals surface area contributed by atoms with Crippen LogP contribution in [-0.2, 0) is 9.63 Å². The molecule has 0 saturated carbocycles. The first kappa shape index (κ1) is 11.6. The number of hydrogen-bond acceptors (Lipinski definition) is 3. The minimum Gasteiger partial charge on any atom is -0.478 e. The number of nitrogens with zero attached hydrogens (tertiary/aromatic N) is 1. The summed E-state index contributed by atoms with van der Waals surface area (Å²) in [5.74, 6) is -0.985. The van der Waals surface area contributed by atoms with Crippen molar-refractivity contribution in [3.05, 3.63) is 34.9 Å². The number of benzene rings is 1. The zero-order valence-electron chi connectivity index (χ0n) is 10.2. The van der Waals surface area contributed by atoms with E-state index in [-0.39, 0.29) is 0 Å². The molecule has 1 aliphatic heterocycles. The van der Waals surface area contributed by atoms with Gasteiger partial charge in [0.15, 0.2) is 0 Å². The van der Waals surface area contributed by atoms with Crippen molar-refractivity contribution in [2.24, 2.45) is 5.16 Å². The SMILES string of the molecule is Cc1ccc(C)c(C2=NOC(C)(C(=O)O)C2)c1. The third-order valence-corrected chi connectivity index (χ3v) is 3.02. The molecule has 0 bridgehead atoms. The number of aryl methyl sites for hydroxylation is 2. The smallest absolute Gasteiger partial charge is 0.351 e. The first-order valence-electron chi connectivity index (χ1n) is 5.48. The van der Waals surface area contributed by atoms with Gasteiger partial charge in [-0.1, -0.05) is 22.9 Å². The Morgan fingerprint density at radius 2 is 2.18 bits per heavy atom. The highest BCUT2D eigenvalue weighted by Gasteiger charge is 2.42. The van der Waals surface area contributed by atoms with E-state index in [1.165, 1.54) is 6.92 Å². The highest BCUT2D eigenvalue weighted by molar-refractivity contribution is 6.05. The molecular weight excluding hydrogens is 218 g/mol. The Morgan fingerprint density at radius 1 is 1.47 bits per heavy atom. The van der Waals surface area contributed by atoms with Crippen LogP contribution < -0.4 is 0 Å². The number of carboxylic acids is 1. The molecule has 1 unspecified atom stereocenters. The Labute approximate surface area is 99.9 Å². The molecule has 0 saturated heterocycles. The molecule has 2 rings (SSSR count). The van der Waals surface area contributed by atoms with Gasteiger partial charge < -0.3 is 9.94 Å². The minimum atomic E-state index is -1.23. The van der Waals surface area contributed by atoms with E-state index in [4.69, 9.17) is 9.94 Å². The van der Waals surface area contributed by atoms with Crippen molar-refractivity contribution in [2.45, 2.75) is 32.8 Å². The topological polar surface area (TPSA) is 58.9 Å². The van der Waals surface area contributed by atoms with Crippen LogP contribution in [0.5, 0.6) is 0 Å². The van der Waals surface area contributed by atoms with Gasteiger partial charge in [0, 0.05) is 12.0 Å². The van der Waals surface area contributed by atoms with E-state index in [1.807, 2.05) is 32.0 Å². The summed E-state index contributed by atoms with van der Waals surface area (Å²) in [5, 5.41) is 13.0. The summed E-state index contributed by atoms with van der Waals surface area (Å²) < 4.78 is 0. The third-order valence-electron chi connectivity index (χ3n) is 3.02. The van der Waals surface area contributed by atoms with Crippen LogP contribution in [0.2, 0.25) is 0 Å².